The van der Waals surface area contributed by atoms with Crippen molar-refractivity contribution in [1.29, 1.82) is 0 Å². The Morgan fingerprint density at radius 3 is 2.24 bits per heavy atom. The summed E-state index contributed by atoms with van der Waals surface area (Å²) in [7, 11) is 0. The Hall–Kier alpha value is -2.15. The van der Waals surface area contributed by atoms with Gasteiger partial charge in [0.25, 0.3) is 0 Å². The highest BCUT2D eigenvalue weighted by molar-refractivity contribution is 5.72. The van der Waals surface area contributed by atoms with Gasteiger partial charge in [-0.1, -0.05) is 74.4 Å². The summed E-state index contributed by atoms with van der Waals surface area (Å²) < 4.78 is 14.7. The van der Waals surface area contributed by atoms with E-state index in [0.717, 1.165) is 36.8 Å². The number of halogens is 1. The second kappa shape index (κ2) is 8.29. The Bertz CT molecular complexity index is 778. The van der Waals surface area contributed by atoms with Crippen molar-refractivity contribution in [2.24, 2.45) is 0 Å². The topological polar surface area (TPSA) is 0 Å². The molecule has 0 fully saturated rings. The van der Waals surface area contributed by atoms with Crippen LogP contribution < -0.4 is 0 Å². The average Bonchev–Trinajstić information content (AvgIpc) is 2.67. The van der Waals surface area contributed by atoms with Crippen LogP contribution in [-0.4, -0.2) is 0 Å². The Morgan fingerprint density at radius 2 is 1.64 bits per heavy atom. The second-order valence-electron chi connectivity index (χ2n) is 6.87. The minimum atomic E-state index is -0.134. The van der Waals surface area contributed by atoms with Crippen LogP contribution in [0.3, 0.4) is 0 Å². The van der Waals surface area contributed by atoms with E-state index in [1.807, 2.05) is 18.2 Å². The molecule has 2 aromatic carbocycles. The average molecular weight is 334 g/mol. The molecule has 0 heterocycles. The highest BCUT2D eigenvalue weighted by Crippen LogP contribution is 2.31. The van der Waals surface area contributed by atoms with Crippen LogP contribution in [0.4, 0.5) is 4.39 Å². The predicted molar refractivity (Wildman–Crippen MR) is 106 cm³/mol. The lowest BCUT2D eigenvalue weighted by molar-refractivity contribution is 0.630. The van der Waals surface area contributed by atoms with E-state index in [9.17, 15) is 4.39 Å². The number of aryl methyl sites for hydroxylation is 1. The Morgan fingerprint density at radius 1 is 0.880 bits per heavy atom. The molecule has 0 aromatic heterocycles. The van der Waals surface area contributed by atoms with E-state index in [-0.39, 0.29) is 5.82 Å². The van der Waals surface area contributed by atoms with E-state index in [0.29, 0.717) is 5.56 Å². The molecule has 1 aliphatic rings. The summed E-state index contributed by atoms with van der Waals surface area (Å²) in [6.45, 7) is 4.39. The Labute approximate surface area is 151 Å². The molecule has 0 bridgehead atoms. The first-order chi connectivity index (χ1) is 12.2. The molecule has 0 aliphatic heterocycles. The van der Waals surface area contributed by atoms with Crippen molar-refractivity contribution < 1.29 is 4.39 Å². The van der Waals surface area contributed by atoms with Gasteiger partial charge in [0.15, 0.2) is 0 Å². The number of unbranched alkanes of at least 4 members (excludes halogenated alkanes) is 1. The summed E-state index contributed by atoms with van der Waals surface area (Å²) in [6.07, 6.45) is 11.0. The zero-order valence-electron chi connectivity index (χ0n) is 15.3. The lowest BCUT2D eigenvalue weighted by Gasteiger charge is -2.15. The molecule has 1 heteroatoms. The van der Waals surface area contributed by atoms with Crippen LogP contribution >= 0.6 is 0 Å². The van der Waals surface area contributed by atoms with Crippen LogP contribution in [0.2, 0.25) is 0 Å². The minimum Gasteiger partial charge on any atom is -0.206 e. The van der Waals surface area contributed by atoms with Crippen molar-refractivity contribution in [3.8, 4) is 11.1 Å². The molecule has 0 N–H and O–H groups in total. The van der Waals surface area contributed by atoms with Crippen LogP contribution in [-0.2, 0) is 6.42 Å². The van der Waals surface area contributed by atoms with Crippen LogP contribution in [0, 0.1) is 5.82 Å². The fourth-order valence-electron chi connectivity index (χ4n) is 3.40. The molecule has 130 valence electrons. The summed E-state index contributed by atoms with van der Waals surface area (Å²) in [5.74, 6) is -0.134. The smallest absolute Gasteiger partial charge is 0.131 e. The second-order valence-corrected chi connectivity index (χ2v) is 6.87. The summed E-state index contributed by atoms with van der Waals surface area (Å²) in [4.78, 5) is 0. The van der Waals surface area contributed by atoms with Crippen molar-refractivity contribution in [1.82, 2.24) is 0 Å². The third-order valence-electron chi connectivity index (χ3n) is 5.11. The van der Waals surface area contributed by atoms with Crippen molar-refractivity contribution in [3.63, 3.8) is 0 Å². The third kappa shape index (κ3) is 4.28. The highest BCUT2D eigenvalue weighted by Gasteiger charge is 2.11. The molecule has 0 radical (unpaired) electrons. The first-order valence-electron chi connectivity index (χ1n) is 9.49. The van der Waals surface area contributed by atoms with Gasteiger partial charge in [0, 0.05) is 5.56 Å². The van der Waals surface area contributed by atoms with Gasteiger partial charge < -0.3 is 0 Å². The maximum absolute atomic E-state index is 14.7. The lowest BCUT2D eigenvalue weighted by atomic mass is 9.91. The molecule has 2 aromatic rings. The van der Waals surface area contributed by atoms with Crippen LogP contribution in [0.15, 0.2) is 60.2 Å². The molecule has 0 unspecified atom stereocenters. The Kier molecular flexibility index (Phi) is 5.86. The Balaban J connectivity index is 1.80. The molecule has 0 spiro atoms. The zero-order valence-corrected chi connectivity index (χ0v) is 15.3. The monoisotopic (exact) mass is 334 g/mol. The van der Waals surface area contributed by atoms with Gasteiger partial charge in [-0.3, -0.25) is 0 Å². The van der Waals surface area contributed by atoms with Gasteiger partial charge in [-0.25, -0.2) is 4.39 Å². The molecule has 0 saturated heterocycles. The largest absolute Gasteiger partial charge is 0.206 e. The maximum Gasteiger partial charge on any atom is 0.131 e. The van der Waals surface area contributed by atoms with E-state index < -0.39 is 0 Å². The molecule has 0 amide bonds. The number of benzene rings is 2. The number of hydrogen-bond acceptors (Lipinski definition) is 0. The quantitative estimate of drug-likeness (QED) is 0.518. The summed E-state index contributed by atoms with van der Waals surface area (Å²) in [5, 5.41) is 0. The van der Waals surface area contributed by atoms with E-state index in [4.69, 9.17) is 0 Å². The molecule has 0 saturated carbocycles. The van der Waals surface area contributed by atoms with Gasteiger partial charge >= 0.3 is 0 Å². The fourth-order valence-corrected chi connectivity index (χ4v) is 3.40. The first-order valence-corrected chi connectivity index (χ1v) is 9.49. The zero-order chi connectivity index (χ0) is 17.6. The van der Waals surface area contributed by atoms with Gasteiger partial charge in [-0.15, -0.1) is 0 Å². The van der Waals surface area contributed by atoms with Crippen molar-refractivity contribution in [2.45, 2.75) is 52.4 Å². The molecular weight excluding hydrogens is 307 g/mol. The summed E-state index contributed by atoms with van der Waals surface area (Å²) in [6, 6.07) is 14.0. The molecule has 0 nitrogen and oxygen atoms in total. The van der Waals surface area contributed by atoms with Gasteiger partial charge in [0.1, 0.15) is 5.82 Å². The van der Waals surface area contributed by atoms with Gasteiger partial charge in [-0.05, 0) is 60.4 Å². The third-order valence-corrected chi connectivity index (χ3v) is 5.11. The number of rotatable bonds is 6. The molecule has 1 aliphatic carbocycles. The normalized spacial score (nSPS) is 14.2. The maximum atomic E-state index is 14.7. The van der Waals surface area contributed by atoms with Crippen molar-refractivity contribution in [2.75, 3.05) is 0 Å². The fraction of sp³-hybridized carbons (Fsp3) is 0.333. The molecule has 0 atom stereocenters. The van der Waals surface area contributed by atoms with Crippen LogP contribution in [0.5, 0.6) is 0 Å². The van der Waals surface area contributed by atoms with Crippen LogP contribution in [0.25, 0.3) is 16.7 Å². The summed E-state index contributed by atoms with van der Waals surface area (Å²) in [5.41, 5.74) is 6.68. The van der Waals surface area contributed by atoms with E-state index >= 15 is 0 Å². The summed E-state index contributed by atoms with van der Waals surface area (Å²) >= 11 is 0. The van der Waals surface area contributed by atoms with Gasteiger partial charge in [-0.2, -0.15) is 0 Å². The molecule has 3 rings (SSSR count). The number of hydrogen-bond donors (Lipinski definition) is 0. The predicted octanol–water partition coefficient (Wildman–Crippen LogP) is 7.35. The van der Waals surface area contributed by atoms with Crippen molar-refractivity contribution in [3.05, 3.63) is 77.1 Å². The lowest BCUT2D eigenvalue weighted by Crippen LogP contribution is -1.95. The van der Waals surface area contributed by atoms with Gasteiger partial charge in [0.2, 0.25) is 0 Å². The van der Waals surface area contributed by atoms with Crippen molar-refractivity contribution >= 4 is 5.57 Å². The van der Waals surface area contributed by atoms with E-state index in [2.05, 4.69) is 44.2 Å². The van der Waals surface area contributed by atoms with Gasteiger partial charge in [0.05, 0.1) is 0 Å². The first kappa shape index (κ1) is 17.7. The SMILES string of the molecule is CCCCc1ccc(-c2ccc(C3=CC=C(CC)CC3)cc2F)cc1. The van der Waals surface area contributed by atoms with Crippen LogP contribution in [0.1, 0.15) is 57.1 Å². The molecular formula is C24H27F. The minimum absolute atomic E-state index is 0.134. The molecule has 25 heavy (non-hydrogen) atoms. The van der Waals surface area contributed by atoms with E-state index in [1.165, 1.54) is 29.6 Å². The standard InChI is InChI=1S/C24H27F/c1-3-5-6-19-9-13-21(14-10-19)23-16-15-22(17-24(23)25)20-11-7-18(4-2)8-12-20/h7,9-11,13-17H,3-6,8,12H2,1-2H3. The van der Waals surface area contributed by atoms with E-state index in [1.54, 1.807) is 6.07 Å². The number of allylic oxidation sites excluding steroid dienone is 4. The highest BCUT2D eigenvalue weighted by atomic mass is 19.1.